The first kappa shape index (κ1) is 9.15. The van der Waals surface area contributed by atoms with Gasteiger partial charge < -0.3 is 0 Å². The van der Waals surface area contributed by atoms with E-state index in [1.807, 2.05) is 24.4 Å². The first-order valence-corrected chi connectivity index (χ1v) is 4.95. The zero-order valence-electron chi connectivity index (χ0n) is 7.05. The standard InChI is InChI=1S/C9H5IN4/c10-9-2-4-14(13-9)8-1-3-12-7(5-8)6-11/h1-5H. The molecule has 14 heavy (non-hydrogen) atoms. The molecule has 2 rings (SSSR count). The van der Waals surface area contributed by atoms with Crippen LogP contribution in [0.1, 0.15) is 5.69 Å². The molecule has 0 bridgehead atoms. The molecule has 0 saturated heterocycles. The number of halogens is 1. The van der Waals surface area contributed by atoms with Gasteiger partial charge in [-0.15, -0.1) is 0 Å². The van der Waals surface area contributed by atoms with E-state index in [1.165, 1.54) is 0 Å². The normalized spacial score (nSPS) is 9.71. The van der Waals surface area contributed by atoms with Gasteiger partial charge in [0.25, 0.3) is 0 Å². The Kier molecular flexibility index (Phi) is 2.45. The van der Waals surface area contributed by atoms with E-state index in [0.717, 1.165) is 9.39 Å². The van der Waals surface area contributed by atoms with E-state index in [4.69, 9.17) is 5.26 Å². The Morgan fingerprint density at radius 1 is 1.43 bits per heavy atom. The van der Waals surface area contributed by atoms with E-state index in [1.54, 1.807) is 16.9 Å². The monoisotopic (exact) mass is 296 g/mol. The highest BCUT2D eigenvalue weighted by Crippen LogP contribution is 2.08. The maximum Gasteiger partial charge on any atom is 0.142 e. The number of pyridine rings is 1. The molecule has 0 N–H and O–H groups in total. The lowest BCUT2D eigenvalue weighted by atomic mass is 10.3. The second kappa shape index (κ2) is 3.75. The van der Waals surface area contributed by atoms with Crippen molar-refractivity contribution < 1.29 is 0 Å². The van der Waals surface area contributed by atoms with Crippen molar-refractivity contribution in [1.82, 2.24) is 14.8 Å². The Balaban J connectivity index is 2.47. The average molecular weight is 296 g/mol. The van der Waals surface area contributed by atoms with Crippen LogP contribution in [0, 0.1) is 15.0 Å². The first-order valence-electron chi connectivity index (χ1n) is 3.87. The minimum absolute atomic E-state index is 0.396. The van der Waals surface area contributed by atoms with Crippen LogP contribution in [0.25, 0.3) is 5.69 Å². The molecule has 0 aliphatic carbocycles. The van der Waals surface area contributed by atoms with Crippen molar-refractivity contribution in [3.63, 3.8) is 0 Å². The van der Waals surface area contributed by atoms with Gasteiger partial charge in [0.1, 0.15) is 15.5 Å². The number of hydrogen-bond donors (Lipinski definition) is 0. The molecule has 2 heterocycles. The van der Waals surface area contributed by atoms with Gasteiger partial charge in [-0.25, -0.2) is 9.67 Å². The highest BCUT2D eigenvalue weighted by atomic mass is 127. The first-order chi connectivity index (χ1) is 6.79. The Labute approximate surface area is 94.3 Å². The molecule has 0 aromatic carbocycles. The van der Waals surface area contributed by atoms with E-state index in [0.29, 0.717) is 5.69 Å². The number of nitrogens with zero attached hydrogens (tertiary/aromatic N) is 4. The van der Waals surface area contributed by atoms with Gasteiger partial charge in [0.2, 0.25) is 0 Å². The summed E-state index contributed by atoms with van der Waals surface area (Å²) in [5, 5.41) is 12.9. The second-order valence-electron chi connectivity index (χ2n) is 2.59. The van der Waals surface area contributed by atoms with Crippen LogP contribution in [0.15, 0.2) is 30.6 Å². The summed E-state index contributed by atoms with van der Waals surface area (Å²) in [5.41, 5.74) is 1.24. The topological polar surface area (TPSA) is 54.5 Å². The minimum atomic E-state index is 0.396. The summed E-state index contributed by atoms with van der Waals surface area (Å²) >= 11 is 2.13. The predicted octanol–water partition coefficient (Wildman–Crippen LogP) is 1.74. The fraction of sp³-hybridized carbons (Fsp3) is 0. The summed E-state index contributed by atoms with van der Waals surface area (Å²) < 4.78 is 2.63. The van der Waals surface area contributed by atoms with Gasteiger partial charge in [-0.2, -0.15) is 10.4 Å². The molecular formula is C9H5IN4. The van der Waals surface area contributed by atoms with Crippen molar-refractivity contribution in [2.75, 3.05) is 0 Å². The summed E-state index contributed by atoms with van der Waals surface area (Å²) in [5.74, 6) is 0. The van der Waals surface area contributed by atoms with Crippen molar-refractivity contribution in [2.45, 2.75) is 0 Å². The number of hydrogen-bond acceptors (Lipinski definition) is 3. The Morgan fingerprint density at radius 3 is 2.93 bits per heavy atom. The molecule has 0 unspecified atom stereocenters. The van der Waals surface area contributed by atoms with Crippen LogP contribution in [-0.2, 0) is 0 Å². The van der Waals surface area contributed by atoms with Gasteiger partial charge >= 0.3 is 0 Å². The molecule has 2 aromatic rings. The summed E-state index contributed by atoms with van der Waals surface area (Å²) in [4.78, 5) is 3.89. The van der Waals surface area contributed by atoms with Crippen LogP contribution < -0.4 is 0 Å². The Bertz CT molecular complexity index is 498. The lowest BCUT2D eigenvalue weighted by Crippen LogP contribution is -1.96. The largest absolute Gasteiger partial charge is 0.245 e. The lowest BCUT2D eigenvalue weighted by molar-refractivity contribution is 0.865. The Morgan fingerprint density at radius 2 is 2.29 bits per heavy atom. The minimum Gasteiger partial charge on any atom is -0.245 e. The molecular weight excluding hydrogens is 291 g/mol. The average Bonchev–Trinajstić information content (AvgIpc) is 2.65. The maximum atomic E-state index is 8.67. The van der Waals surface area contributed by atoms with E-state index in [2.05, 4.69) is 32.7 Å². The molecule has 0 radical (unpaired) electrons. The van der Waals surface area contributed by atoms with Crippen molar-refractivity contribution in [3.05, 3.63) is 40.0 Å². The third kappa shape index (κ3) is 1.75. The molecule has 5 heteroatoms. The van der Waals surface area contributed by atoms with Gasteiger partial charge in [0.15, 0.2) is 0 Å². The molecule has 0 aliphatic rings. The zero-order valence-corrected chi connectivity index (χ0v) is 9.21. The number of aromatic nitrogens is 3. The van der Waals surface area contributed by atoms with Crippen LogP contribution >= 0.6 is 22.6 Å². The number of rotatable bonds is 1. The molecule has 0 amide bonds. The molecule has 0 aliphatic heterocycles. The van der Waals surface area contributed by atoms with E-state index >= 15 is 0 Å². The highest BCUT2D eigenvalue weighted by molar-refractivity contribution is 14.1. The van der Waals surface area contributed by atoms with Crippen LogP contribution in [-0.4, -0.2) is 14.8 Å². The van der Waals surface area contributed by atoms with E-state index in [9.17, 15) is 0 Å². The van der Waals surface area contributed by atoms with Crippen LogP contribution in [0.2, 0.25) is 0 Å². The maximum absolute atomic E-state index is 8.67. The summed E-state index contributed by atoms with van der Waals surface area (Å²) in [6.07, 6.45) is 3.45. The second-order valence-corrected chi connectivity index (χ2v) is 3.70. The predicted molar refractivity (Wildman–Crippen MR) is 58.8 cm³/mol. The van der Waals surface area contributed by atoms with Crippen LogP contribution in [0.3, 0.4) is 0 Å². The molecule has 2 aromatic heterocycles. The quantitative estimate of drug-likeness (QED) is 0.753. The third-order valence-electron chi connectivity index (χ3n) is 1.68. The van der Waals surface area contributed by atoms with Crippen molar-refractivity contribution in [1.29, 1.82) is 5.26 Å². The van der Waals surface area contributed by atoms with E-state index in [-0.39, 0.29) is 0 Å². The number of nitriles is 1. The van der Waals surface area contributed by atoms with Gasteiger partial charge in [-0.1, -0.05) is 0 Å². The summed E-state index contributed by atoms with van der Waals surface area (Å²) in [6.45, 7) is 0. The van der Waals surface area contributed by atoms with Crippen LogP contribution in [0.5, 0.6) is 0 Å². The molecule has 0 fully saturated rings. The molecule has 0 atom stereocenters. The highest BCUT2D eigenvalue weighted by Gasteiger charge is 2.00. The van der Waals surface area contributed by atoms with Gasteiger partial charge in [-0.3, -0.25) is 0 Å². The van der Waals surface area contributed by atoms with Gasteiger partial charge in [0, 0.05) is 18.5 Å². The van der Waals surface area contributed by atoms with Crippen molar-refractivity contribution in [2.24, 2.45) is 0 Å². The lowest BCUT2D eigenvalue weighted by Gasteiger charge is -1.99. The third-order valence-corrected chi connectivity index (χ3v) is 2.25. The van der Waals surface area contributed by atoms with Crippen molar-refractivity contribution >= 4 is 22.6 Å². The smallest absolute Gasteiger partial charge is 0.142 e. The summed E-state index contributed by atoms with van der Waals surface area (Å²) in [7, 11) is 0. The van der Waals surface area contributed by atoms with Crippen molar-refractivity contribution in [3.8, 4) is 11.8 Å². The SMILES string of the molecule is N#Cc1cc(-n2ccc(I)n2)ccn1. The molecule has 0 spiro atoms. The fourth-order valence-corrected chi connectivity index (χ4v) is 1.46. The van der Waals surface area contributed by atoms with Crippen LogP contribution in [0.4, 0.5) is 0 Å². The summed E-state index contributed by atoms with van der Waals surface area (Å²) in [6, 6.07) is 7.39. The molecule has 4 nitrogen and oxygen atoms in total. The zero-order chi connectivity index (χ0) is 9.97. The van der Waals surface area contributed by atoms with Gasteiger partial charge in [-0.05, 0) is 34.7 Å². The van der Waals surface area contributed by atoms with E-state index < -0.39 is 0 Å². The molecule has 0 saturated carbocycles. The molecule has 68 valence electrons. The Hall–Kier alpha value is -1.42. The van der Waals surface area contributed by atoms with Gasteiger partial charge in [0.05, 0.1) is 5.69 Å². The fourth-order valence-electron chi connectivity index (χ4n) is 1.07.